The van der Waals surface area contributed by atoms with Crippen molar-refractivity contribution in [2.75, 3.05) is 0 Å². The molecule has 0 bridgehead atoms. The Balaban J connectivity index is 1.82. The molecule has 0 aliphatic heterocycles. The number of alkyl halides is 3. The smallest absolute Gasteiger partial charge is 0.416 e. The van der Waals surface area contributed by atoms with Crippen LogP contribution in [0.15, 0.2) is 42.5 Å². The summed E-state index contributed by atoms with van der Waals surface area (Å²) in [5.74, 6) is 0.0838. The van der Waals surface area contributed by atoms with Gasteiger partial charge in [-0.3, -0.25) is 0 Å². The molecular weight excluding hydrogens is 369 g/mol. The number of H-pyrrole nitrogens is 1. The van der Waals surface area contributed by atoms with Crippen LogP contribution in [-0.2, 0) is 12.8 Å². The zero-order chi connectivity index (χ0) is 18.7. The predicted molar refractivity (Wildman–Crippen MR) is 87.3 cm³/mol. The van der Waals surface area contributed by atoms with Crippen LogP contribution in [0.1, 0.15) is 16.8 Å². The lowest BCUT2D eigenvalue weighted by molar-refractivity contribution is -0.137. The van der Waals surface area contributed by atoms with Gasteiger partial charge in [0.2, 0.25) is 0 Å². The summed E-state index contributed by atoms with van der Waals surface area (Å²) >= 11 is 6.08. The first-order chi connectivity index (χ1) is 12.4. The third-order valence-corrected chi connectivity index (χ3v) is 3.68. The van der Waals surface area contributed by atoms with Crippen molar-refractivity contribution in [3.05, 3.63) is 64.3 Å². The minimum absolute atomic E-state index is 0.00535. The van der Waals surface area contributed by atoms with Crippen molar-refractivity contribution in [3.63, 3.8) is 0 Å². The molecule has 0 aliphatic carbocycles. The SMILES string of the molecule is N#Cc1[nH]nnc1-c1cc(Cl)cc(COc2cccc(C(F)(F)F)c2)c1. The second-order valence-corrected chi connectivity index (χ2v) is 5.75. The Hall–Kier alpha value is -3.05. The molecule has 2 aromatic carbocycles. The van der Waals surface area contributed by atoms with Crippen LogP contribution in [0.4, 0.5) is 13.2 Å². The van der Waals surface area contributed by atoms with E-state index in [1.54, 1.807) is 18.2 Å². The fourth-order valence-electron chi connectivity index (χ4n) is 2.31. The van der Waals surface area contributed by atoms with Crippen LogP contribution in [0.3, 0.4) is 0 Å². The third kappa shape index (κ3) is 3.95. The summed E-state index contributed by atoms with van der Waals surface area (Å²) in [7, 11) is 0. The number of nitriles is 1. The van der Waals surface area contributed by atoms with E-state index < -0.39 is 11.7 Å². The second-order valence-electron chi connectivity index (χ2n) is 5.31. The van der Waals surface area contributed by atoms with Crippen molar-refractivity contribution in [1.29, 1.82) is 5.26 Å². The van der Waals surface area contributed by atoms with E-state index in [1.807, 2.05) is 6.07 Å². The van der Waals surface area contributed by atoms with Gasteiger partial charge in [-0.15, -0.1) is 5.10 Å². The molecule has 1 N–H and O–H groups in total. The largest absolute Gasteiger partial charge is 0.489 e. The van der Waals surface area contributed by atoms with Gasteiger partial charge in [-0.25, -0.2) is 5.10 Å². The van der Waals surface area contributed by atoms with Crippen LogP contribution < -0.4 is 4.74 Å². The molecule has 3 rings (SSSR count). The van der Waals surface area contributed by atoms with Gasteiger partial charge in [0.25, 0.3) is 0 Å². The van der Waals surface area contributed by atoms with E-state index >= 15 is 0 Å². The van der Waals surface area contributed by atoms with Gasteiger partial charge in [0.05, 0.1) is 5.56 Å². The van der Waals surface area contributed by atoms with Crippen LogP contribution in [0.2, 0.25) is 5.02 Å². The minimum atomic E-state index is -4.44. The van der Waals surface area contributed by atoms with Gasteiger partial charge in [-0.05, 0) is 42.0 Å². The summed E-state index contributed by atoms with van der Waals surface area (Å²) in [5, 5.41) is 19.3. The lowest BCUT2D eigenvalue weighted by atomic mass is 10.1. The van der Waals surface area contributed by atoms with E-state index in [2.05, 4.69) is 15.4 Å². The van der Waals surface area contributed by atoms with E-state index in [4.69, 9.17) is 21.6 Å². The Morgan fingerprint density at radius 3 is 2.73 bits per heavy atom. The highest BCUT2D eigenvalue weighted by atomic mass is 35.5. The lowest BCUT2D eigenvalue weighted by Gasteiger charge is -2.11. The monoisotopic (exact) mass is 378 g/mol. The highest BCUT2D eigenvalue weighted by Gasteiger charge is 2.30. The Morgan fingerprint density at radius 2 is 2.00 bits per heavy atom. The van der Waals surface area contributed by atoms with E-state index in [1.165, 1.54) is 12.1 Å². The Labute approximate surface area is 151 Å². The van der Waals surface area contributed by atoms with Crippen LogP contribution in [0, 0.1) is 11.3 Å². The number of aromatic nitrogens is 3. The second kappa shape index (κ2) is 7.06. The molecule has 0 atom stereocenters. The summed E-state index contributed by atoms with van der Waals surface area (Å²) in [6.07, 6.45) is -4.44. The summed E-state index contributed by atoms with van der Waals surface area (Å²) in [4.78, 5) is 0. The summed E-state index contributed by atoms with van der Waals surface area (Å²) < 4.78 is 43.7. The molecule has 0 saturated carbocycles. The quantitative estimate of drug-likeness (QED) is 0.720. The van der Waals surface area contributed by atoms with Crippen LogP contribution in [-0.4, -0.2) is 15.4 Å². The van der Waals surface area contributed by atoms with Gasteiger partial charge >= 0.3 is 6.18 Å². The van der Waals surface area contributed by atoms with Crippen molar-refractivity contribution in [3.8, 4) is 23.1 Å². The highest BCUT2D eigenvalue weighted by molar-refractivity contribution is 6.31. The molecule has 5 nitrogen and oxygen atoms in total. The molecule has 1 aromatic heterocycles. The average Bonchev–Trinajstić information content (AvgIpc) is 3.08. The number of aromatic amines is 1. The number of halogens is 4. The molecular formula is C17H10ClF3N4O. The normalized spacial score (nSPS) is 11.2. The number of ether oxygens (including phenoxy) is 1. The first-order valence-corrected chi connectivity index (χ1v) is 7.65. The highest BCUT2D eigenvalue weighted by Crippen LogP contribution is 2.32. The van der Waals surface area contributed by atoms with Gasteiger partial charge in [-0.2, -0.15) is 18.4 Å². The van der Waals surface area contributed by atoms with Crippen LogP contribution >= 0.6 is 11.6 Å². The number of hydrogen-bond acceptors (Lipinski definition) is 4. The van der Waals surface area contributed by atoms with Crippen molar-refractivity contribution in [2.24, 2.45) is 0 Å². The number of nitrogens with zero attached hydrogens (tertiary/aromatic N) is 3. The maximum absolute atomic E-state index is 12.8. The summed E-state index contributed by atoms with van der Waals surface area (Å²) in [6.45, 7) is -0.00535. The molecule has 0 fully saturated rings. The van der Waals surface area contributed by atoms with E-state index in [9.17, 15) is 13.2 Å². The zero-order valence-electron chi connectivity index (χ0n) is 13.0. The summed E-state index contributed by atoms with van der Waals surface area (Å²) in [5.41, 5.74) is 0.873. The van der Waals surface area contributed by atoms with Crippen LogP contribution in [0.5, 0.6) is 5.75 Å². The molecule has 9 heteroatoms. The molecule has 3 aromatic rings. The maximum Gasteiger partial charge on any atom is 0.416 e. The molecule has 0 unspecified atom stereocenters. The average molecular weight is 379 g/mol. The Bertz CT molecular complexity index is 979. The van der Waals surface area contributed by atoms with E-state index in [0.717, 1.165) is 12.1 Å². The molecule has 26 heavy (non-hydrogen) atoms. The van der Waals surface area contributed by atoms with Crippen LogP contribution in [0.25, 0.3) is 11.3 Å². The number of hydrogen-bond donors (Lipinski definition) is 1. The first kappa shape index (κ1) is 17.8. The fourth-order valence-corrected chi connectivity index (χ4v) is 2.56. The Morgan fingerprint density at radius 1 is 1.19 bits per heavy atom. The number of rotatable bonds is 4. The molecule has 0 spiro atoms. The fraction of sp³-hybridized carbons (Fsp3) is 0.118. The van der Waals surface area contributed by atoms with E-state index in [0.29, 0.717) is 21.8 Å². The Kier molecular flexibility index (Phi) is 4.82. The minimum Gasteiger partial charge on any atom is -0.489 e. The predicted octanol–water partition coefficient (Wildman–Crippen LogP) is 4.59. The standard InChI is InChI=1S/C17H10ClF3N4O/c18-13-5-10(4-11(6-13)16-15(8-22)23-25-24-16)9-26-14-3-1-2-12(7-14)17(19,20)21/h1-7H,9H2,(H,23,24,25). The number of benzene rings is 2. The third-order valence-electron chi connectivity index (χ3n) is 3.46. The molecule has 0 amide bonds. The molecule has 0 saturated heterocycles. The molecule has 0 radical (unpaired) electrons. The zero-order valence-corrected chi connectivity index (χ0v) is 13.8. The molecule has 0 aliphatic rings. The van der Waals surface area contributed by atoms with Gasteiger partial charge in [0.15, 0.2) is 5.69 Å². The van der Waals surface area contributed by atoms with Gasteiger partial charge in [0.1, 0.15) is 24.1 Å². The van der Waals surface area contributed by atoms with E-state index in [-0.39, 0.29) is 18.1 Å². The van der Waals surface area contributed by atoms with Gasteiger partial charge in [0, 0.05) is 10.6 Å². The number of nitrogens with one attached hydrogen (secondary N) is 1. The lowest BCUT2D eigenvalue weighted by Crippen LogP contribution is -2.05. The van der Waals surface area contributed by atoms with Crippen molar-refractivity contribution in [2.45, 2.75) is 12.8 Å². The molecule has 132 valence electrons. The topological polar surface area (TPSA) is 74.6 Å². The van der Waals surface area contributed by atoms with Crippen molar-refractivity contribution < 1.29 is 17.9 Å². The van der Waals surface area contributed by atoms with Crippen molar-refractivity contribution >= 4 is 11.6 Å². The first-order valence-electron chi connectivity index (χ1n) is 7.28. The van der Waals surface area contributed by atoms with Gasteiger partial charge in [-0.1, -0.05) is 22.9 Å². The summed E-state index contributed by atoms with van der Waals surface area (Å²) in [6, 6.07) is 11.4. The van der Waals surface area contributed by atoms with Gasteiger partial charge < -0.3 is 4.74 Å². The maximum atomic E-state index is 12.8. The molecule has 1 heterocycles. The van der Waals surface area contributed by atoms with Crippen molar-refractivity contribution in [1.82, 2.24) is 15.4 Å².